The van der Waals surface area contributed by atoms with Crippen molar-refractivity contribution in [2.75, 3.05) is 4.90 Å². The molecule has 0 amide bonds. The molecule has 9 rings (SSSR count). The van der Waals surface area contributed by atoms with Crippen LogP contribution in [0.15, 0.2) is 176 Å². The molecule has 51 heavy (non-hydrogen) atoms. The number of aromatic nitrogens is 4. The minimum absolute atomic E-state index is 0.803. The highest BCUT2D eigenvalue weighted by molar-refractivity contribution is 6.09. The van der Waals surface area contributed by atoms with Crippen LogP contribution < -0.4 is 4.90 Å². The first-order valence-corrected chi connectivity index (χ1v) is 17.3. The van der Waals surface area contributed by atoms with Crippen LogP contribution in [0.4, 0.5) is 17.1 Å². The molecule has 0 atom stereocenters. The van der Waals surface area contributed by atoms with Crippen LogP contribution in [-0.2, 0) is 0 Å². The Morgan fingerprint density at radius 2 is 0.863 bits per heavy atom. The van der Waals surface area contributed by atoms with Gasteiger partial charge in [0.25, 0.3) is 0 Å². The van der Waals surface area contributed by atoms with Gasteiger partial charge in [-0.05, 0) is 104 Å². The first-order chi connectivity index (χ1) is 25.1. The van der Waals surface area contributed by atoms with Crippen LogP contribution in [0, 0.1) is 13.8 Å². The van der Waals surface area contributed by atoms with Crippen molar-refractivity contribution < 1.29 is 0 Å². The highest BCUT2D eigenvalue weighted by atomic mass is 15.3. The lowest BCUT2D eigenvalue weighted by atomic mass is 10.1. The standard InChI is InChI=1S/C46H35N5/c1-32-21-22-35(31-33(32)2)46-48-47-45(34-13-5-3-6-14-34)51(46)40-29-25-38(26-30-40)49(36-15-7-4-8-16-36)37-23-27-39(28-24-37)50-43-19-11-9-17-41(43)42-18-10-12-20-44(42)50/h3-31H,1-2H3. The fourth-order valence-corrected chi connectivity index (χ4v) is 7.10. The molecule has 5 heteroatoms. The summed E-state index contributed by atoms with van der Waals surface area (Å²) in [5.74, 6) is 1.61. The van der Waals surface area contributed by atoms with Crippen molar-refractivity contribution in [1.29, 1.82) is 0 Å². The molecule has 0 aliphatic carbocycles. The highest BCUT2D eigenvalue weighted by Gasteiger charge is 2.19. The number of anilines is 3. The van der Waals surface area contributed by atoms with E-state index in [1.807, 2.05) is 18.2 Å². The van der Waals surface area contributed by atoms with Crippen molar-refractivity contribution in [3.05, 3.63) is 187 Å². The minimum Gasteiger partial charge on any atom is -0.311 e. The molecule has 0 aliphatic heterocycles. The van der Waals surface area contributed by atoms with E-state index in [9.17, 15) is 0 Å². The van der Waals surface area contributed by atoms with Crippen LogP contribution in [0.3, 0.4) is 0 Å². The number of hydrogen-bond donors (Lipinski definition) is 0. The average molecular weight is 658 g/mol. The zero-order chi connectivity index (χ0) is 34.3. The van der Waals surface area contributed by atoms with Crippen molar-refractivity contribution in [2.24, 2.45) is 0 Å². The van der Waals surface area contributed by atoms with Gasteiger partial charge in [0.1, 0.15) is 0 Å². The van der Waals surface area contributed by atoms with E-state index in [0.717, 1.165) is 51.2 Å². The van der Waals surface area contributed by atoms with Gasteiger partial charge in [-0.15, -0.1) is 10.2 Å². The van der Waals surface area contributed by atoms with Crippen LogP contribution in [0.2, 0.25) is 0 Å². The summed E-state index contributed by atoms with van der Waals surface area (Å²) >= 11 is 0. The molecule has 0 N–H and O–H groups in total. The Morgan fingerprint density at radius 1 is 0.392 bits per heavy atom. The molecule has 0 unspecified atom stereocenters. The lowest BCUT2D eigenvalue weighted by Crippen LogP contribution is -2.10. The Kier molecular flexibility index (Phi) is 7.51. The van der Waals surface area contributed by atoms with Crippen LogP contribution in [-0.4, -0.2) is 19.3 Å². The van der Waals surface area contributed by atoms with Crippen LogP contribution >= 0.6 is 0 Å². The smallest absolute Gasteiger partial charge is 0.168 e. The van der Waals surface area contributed by atoms with E-state index < -0.39 is 0 Å². The molecule has 5 nitrogen and oxygen atoms in total. The summed E-state index contributed by atoms with van der Waals surface area (Å²) in [5.41, 5.74) is 12.2. The third-order valence-electron chi connectivity index (χ3n) is 9.79. The van der Waals surface area contributed by atoms with Gasteiger partial charge in [0.2, 0.25) is 0 Å². The molecule has 0 fully saturated rings. The summed E-state index contributed by atoms with van der Waals surface area (Å²) in [6.07, 6.45) is 0. The molecule has 9 aromatic rings. The Bertz CT molecular complexity index is 2580. The van der Waals surface area contributed by atoms with Gasteiger partial charge in [0.05, 0.1) is 11.0 Å². The van der Waals surface area contributed by atoms with Crippen LogP contribution in [0.1, 0.15) is 11.1 Å². The number of benzene rings is 7. The molecule has 0 bridgehead atoms. The quantitative estimate of drug-likeness (QED) is 0.171. The number of para-hydroxylation sites is 3. The van der Waals surface area contributed by atoms with E-state index in [1.54, 1.807) is 0 Å². The third-order valence-corrected chi connectivity index (χ3v) is 9.79. The number of rotatable bonds is 7. The van der Waals surface area contributed by atoms with Gasteiger partial charge >= 0.3 is 0 Å². The van der Waals surface area contributed by atoms with Crippen molar-refractivity contribution in [3.63, 3.8) is 0 Å². The maximum absolute atomic E-state index is 4.73. The second-order valence-electron chi connectivity index (χ2n) is 12.9. The monoisotopic (exact) mass is 657 g/mol. The zero-order valence-corrected chi connectivity index (χ0v) is 28.5. The number of nitrogens with zero attached hydrogens (tertiary/aromatic N) is 5. The summed E-state index contributed by atoms with van der Waals surface area (Å²) in [6.45, 7) is 4.27. The first-order valence-electron chi connectivity index (χ1n) is 17.3. The third kappa shape index (κ3) is 5.36. The molecule has 7 aromatic carbocycles. The Hall–Kier alpha value is -6.72. The lowest BCUT2D eigenvalue weighted by molar-refractivity contribution is 1.07. The molecule has 0 aliphatic rings. The minimum atomic E-state index is 0.803. The maximum Gasteiger partial charge on any atom is 0.168 e. The molecule has 0 spiro atoms. The summed E-state index contributed by atoms with van der Waals surface area (Å²) < 4.78 is 4.52. The second-order valence-corrected chi connectivity index (χ2v) is 12.9. The van der Waals surface area contributed by atoms with E-state index in [1.165, 1.54) is 32.9 Å². The predicted octanol–water partition coefficient (Wildman–Crippen LogP) is 11.8. The summed E-state index contributed by atoms with van der Waals surface area (Å²) in [5, 5.41) is 12.0. The van der Waals surface area contributed by atoms with Gasteiger partial charge < -0.3 is 9.47 Å². The second kappa shape index (κ2) is 12.6. The van der Waals surface area contributed by atoms with E-state index in [2.05, 4.69) is 186 Å². The van der Waals surface area contributed by atoms with E-state index in [0.29, 0.717) is 0 Å². The van der Waals surface area contributed by atoms with Gasteiger partial charge in [-0.1, -0.05) is 97.1 Å². The molecular formula is C46H35N5. The fourth-order valence-electron chi connectivity index (χ4n) is 7.10. The maximum atomic E-state index is 4.73. The summed E-state index contributed by atoms with van der Waals surface area (Å²) in [7, 11) is 0. The van der Waals surface area contributed by atoms with E-state index in [-0.39, 0.29) is 0 Å². The van der Waals surface area contributed by atoms with Crippen molar-refractivity contribution in [3.8, 4) is 34.2 Å². The Balaban J connectivity index is 1.14. The van der Waals surface area contributed by atoms with Crippen molar-refractivity contribution in [2.45, 2.75) is 13.8 Å². The molecule has 0 radical (unpaired) electrons. The molecule has 244 valence electrons. The summed E-state index contributed by atoms with van der Waals surface area (Å²) in [4.78, 5) is 2.30. The van der Waals surface area contributed by atoms with E-state index in [4.69, 9.17) is 10.2 Å². The summed E-state index contributed by atoms with van der Waals surface area (Å²) in [6, 6.07) is 62.1. The molecule has 2 heterocycles. The molecular weight excluding hydrogens is 623 g/mol. The normalized spacial score (nSPS) is 11.3. The highest BCUT2D eigenvalue weighted by Crippen LogP contribution is 2.38. The Morgan fingerprint density at radius 3 is 1.43 bits per heavy atom. The predicted molar refractivity (Wildman–Crippen MR) is 211 cm³/mol. The average Bonchev–Trinajstić information content (AvgIpc) is 3.78. The van der Waals surface area contributed by atoms with Gasteiger partial charge in [0.15, 0.2) is 11.6 Å². The molecule has 0 saturated carbocycles. The van der Waals surface area contributed by atoms with Gasteiger partial charge in [-0.25, -0.2) is 0 Å². The largest absolute Gasteiger partial charge is 0.311 e. The number of aryl methyl sites for hydroxylation is 2. The molecule has 2 aromatic heterocycles. The van der Waals surface area contributed by atoms with Gasteiger partial charge in [-0.3, -0.25) is 4.57 Å². The number of hydrogen-bond acceptors (Lipinski definition) is 3. The number of fused-ring (bicyclic) bond motifs is 3. The molecule has 0 saturated heterocycles. The van der Waals surface area contributed by atoms with Crippen molar-refractivity contribution in [1.82, 2.24) is 19.3 Å². The zero-order valence-electron chi connectivity index (χ0n) is 28.5. The van der Waals surface area contributed by atoms with Gasteiger partial charge in [-0.2, -0.15) is 0 Å². The van der Waals surface area contributed by atoms with Crippen LogP contribution in [0.25, 0.3) is 56.0 Å². The lowest BCUT2D eigenvalue weighted by Gasteiger charge is -2.26. The topological polar surface area (TPSA) is 38.9 Å². The SMILES string of the molecule is Cc1ccc(-c2nnc(-c3ccccc3)n2-c2ccc(N(c3ccccc3)c3ccc(-n4c5ccccc5c5ccccc54)cc3)cc2)cc1C. The Labute approximate surface area is 297 Å². The van der Waals surface area contributed by atoms with Gasteiger partial charge in [0, 0.05) is 50.3 Å². The fraction of sp³-hybridized carbons (Fsp3) is 0.0435. The van der Waals surface area contributed by atoms with Crippen molar-refractivity contribution >= 4 is 38.9 Å². The first kappa shape index (κ1) is 30.3. The van der Waals surface area contributed by atoms with E-state index >= 15 is 0 Å². The van der Waals surface area contributed by atoms with Crippen LogP contribution in [0.5, 0.6) is 0 Å².